The molecule has 258 valence electrons. The lowest BCUT2D eigenvalue weighted by molar-refractivity contribution is 0.666. The fourth-order valence-electron chi connectivity index (χ4n) is 9.25. The Morgan fingerprint density at radius 3 is 1.25 bits per heavy atom. The van der Waals surface area contributed by atoms with Crippen LogP contribution >= 0.6 is 0 Å². The molecule has 1 heterocycles. The fourth-order valence-corrected chi connectivity index (χ4v) is 9.25. The van der Waals surface area contributed by atoms with Crippen LogP contribution in [0.3, 0.4) is 0 Å². The van der Waals surface area contributed by atoms with Crippen LogP contribution in [0.15, 0.2) is 176 Å². The van der Waals surface area contributed by atoms with Crippen LogP contribution < -0.4 is 0 Å². The van der Waals surface area contributed by atoms with Crippen LogP contribution in [0.25, 0.3) is 99.5 Å². The van der Waals surface area contributed by atoms with Gasteiger partial charge in [0, 0.05) is 27.7 Å². The van der Waals surface area contributed by atoms with Crippen molar-refractivity contribution >= 4 is 43.1 Å². The van der Waals surface area contributed by atoms with Gasteiger partial charge in [-0.15, -0.1) is 0 Å². The van der Waals surface area contributed by atoms with Crippen LogP contribution in [0.5, 0.6) is 0 Å². The van der Waals surface area contributed by atoms with Gasteiger partial charge in [-0.1, -0.05) is 184 Å². The minimum Gasteiger partial charge on any atom is -0.208 e. The molecule has 0 atom stereocenters. The Morgan fingerprint density at radius 2 is 0.727 bits per heavy atom. The van der Waals surface area contributed by atoms with Crippen molar-refractivity contribution in [3.05, 3.63) is 187 Å². The minimum absolute atomic E-state index is 0.190. The summed E-state index contributed by atoms with van der Waals surface area (Å²) in [6, 6.07) is 62.9. The molecule has 0 fully saturated rings. The topological polar surface area (TPSA) is 38.7 Å². The van der Waals surface area contributed by atoms with Gasteiger partial charge in [-0.2, -0.15) is 0 Å². The normalized spacial score (nSPS) is 13.1. The molecule has 0 spiro atoms. The van der Waals surface area contributed by atoms with Crippen LogP contribution in [0.1, 0.15) is 25.0 Å². The van der Waals surface area contributed by atoms with Gasteiger partial charge in [0.15, 0.2) is 17.5 Å². The number of hydrogen-bond acceptors (Lipinski definition) is 3. The highest BCUT2D eigenvalue weighted by atomic mass is 15.0. The number of nitrogens with zero attached hydrogens (tertiary/aromatic N) is 3. The first-order chi connectivity index (χ1) is 27.1. The third-order valence-corrected chi connectivity index (χ3v) is 11.7. The maximum Gasteiger partial charge on any atom is 0.165 e. The molecule has 3 heteroatoms. The first-order valence-corrected chi connectivity index (χ1v) is 19.0. The molecule has 1 aliphatic carbocycles. The van der Waals surface area contributed by atoms with E-state index in [2.05, 4.69) is 153 Å². The maximum atomic E-state index is 5.33. The van der Waals surface area contributed by atoms with Crippen LogP contribution in [0.2, 0.25) is 0 Å². The Labute approximate surface area is 319 Å². The highest BCUT2D eigenvalue weighted by Gasteiger charge is 2.39. The molecule has 1 aromatic heterocycles. The van der Waals surface area contributed by atoms with E-state index in [-0.39, 0.29) is 5.41 Å². The fraction of sp³-hybridized carbons (Fsp3) is 0.0577. The van der Waals surface area contributed by atoms with Crippen molar-refractivity contribution in [1.82, 2.24) is 15.0 Å². The van der Waals surface area contributed by atoms with Gasteiger partial charge in [-0.05, 0) is 77.0 Å². The zero-order chi connectivity index (χ0) is 36.7. The molecule has 55 heavy (non-hydrogen) atoms. The second-order valence-electron chi connectivity index (χ2n) is 15.1. The number of aromatic nitrogens is 3. The van der Waals surface area contributed by atoms with E-state index in [0.717, 1.165) is 33.2 Å². The van der Waals surface area contributed by atoms with E-state index in [0.29, 0.717) is 17.5 Å². The average Bonchev–Trinajstić information content (AvgIpc) is 3.49. The van der Waals surface area contributed by atoms with E-state index in [1.165, 1.54) is 60.0 Å². The molecule has 11 rings (SSSR count). The Bertz CT molecular complexity index is 3110. The Kier molecular flexibility index (Phi) is 6.90. The average molecular weight is 702 g/mol. The van der Waals surface area contributed by atoms with Gasteiger partial charge in [0.25, 0.3) is 0 Å². The standard InChI is InChI=1S/C52H35N3/c1-52(2)44-30-29-34(31-43(44)46-40-26-14-10-23-37(40)38-24-12-16-28-42(38)48(46)52)45-39-25-13-9-21-35(39)36-22-11-15-27-41(36)47(45)51-54-49(32-17-5-3-6-18-32)53-50(55-51)33-19-7-4-8-20-33/h3-31H,1-2H3. The van der Waals surface area contributed by atoms with Gasteiger partial charge >= 0.3 is 0 Å². The van der Waals surface area contributed by atoms with Crippen molar-refractivity contribution in [3.63, 3.8) is 0 Å². The zero-order valence-corrected chi connectivity index (χ0v) is 30.6. The summed E-state index contributed by atoms with van der Waals surface area (Å²) < 4.78 is 0. The molecule has 1 aliphatic rings. The number of rotatable bonds is 4. The van der Waals surface area contributed by atoms with Crippen LogP contribution in [-0.4, -0.2) is 15.0 Å². The lowest BCUT2D eigenvalue weighted by Gasteiger charge is -2.24. The van der Waals surface area contributed by atoms with Gasteiger partial charge in [-0.3, -0.25) is 0 Å². The number of fused-ring (bicyclic) bond motifs is 11. The quantitative estimate of drug-likeness (QED) is 0.171. The van der Waals surface area contributed by atoms with E-state index in [1.54, 1.807) is 0 Å². The second-order valence-corrected chi connectivity index (χ2v) is 15.1. The molecule has 0 N–H and O–H groups in total. The molecule has 0 saturated heterocycles. The summed E-state index contributed by atoms with van der Waals surface area (Å²) in [5, 5.41) is 9.86. The van der Waals surface area contributed by atoms with E-state index >= 15 is 0 Å². The van der Waals surface area contributed by atoms with Crippen molar-refractivity contribution in [2.45, 2.75) is 19.3 Å². The van der Waals surface area contributed by atoms with E-state index in [9.17, 15) is 0 Å². The zero-order valence-electron chi connectivity index (χ0n) is 30.6. The third kappa shape index (κ3) is 4.73. The summed E-state index contributed by atoms with van der Waals surface area (Å²) in [5.41, 5.74) is 10.3. The van der Waals surface area contributed by atoms with Crippen LogP contribution in [0.4, 0.5) is 0 Å². The first kappa shape index (κ1) is 31.5. The summed E-state index contributed by atoms with van der Waals surface area (Å²) in [6.45, 7) is 4.77. The summed E-state index contributed by atoms with van der Waals surface area (Å²) in [4.78, 5) is 15.7. The summed E-state index contributed by atoms with van der Waals surface area (Å²) in [5.74, 6) is 1.95. The molecule has 0 radical (unpaired) electrons. The summed E-state index contributed by atoms with van der Waals surface area (Å²) in [7, 11) is 0. The van der Waals surface area contributed by atoms with Gasteiger partial charge in [0.05, 0.1) is 0 Å². The van der Waals surface area contributed by atoms with E-state index in [1.807, 2.05) is 36.4 Å². The summed E-state index contributed by atoms with van der Waals surface area (Å²) in [6.07, 6.45) is 0. The molecule has 0 amide bonds. The molecular formula is C52H35N3. The molecular weight excluding hydrogens is 667 g/mol. The molecule has 10 aromatic rings. The summed E-state index contributed by atoms with van der Waals surface area (Å²) >= 11 is 0. The first-order valence-electron chi connectivity index (χ1n) is 19.0. The Balaban J connectivity index is 1.26. The maximum absolute atomic E-state index is 5.33. The van der Waals surface area contributed by atoms with Gasteiger partial charge in [-0.25, -0.2) is 15.0 Å². The van der Waals surface area contributed by atoms with Crippen molar-refractivity contribution < 1.29 is 0 Å². The van der Waals surface area contributed by atoms with Gasteiger partial charge < -0.3 is 0 Å². The predicted octanol–water partition coefficient (Wildman–Crippen LogP) is 13.5. The molecule has 3 nitrogen and oxygen atoms in total. The SMILES string of the molecule is CC1(C)c2ccc(-c3c(-c4nc(-c5ccccc5)nc(-c5ccccc5)n4)c4ccccc4c4ccccc34)cc2-c2c1c1ccccc1c1ccccc21. The van der Waals surface area contributed by atoms with Crippen molar-refractivity contribution in [2.75, 3.05) is 0 Å². The Morgan fingerprint density at radius 1 is 0.327 bits per heavy atom. The lowest BCUT2D eigenvalue weighted by atomic mass is 9.79. The van der Waals surface area contributed by atoms with Crippen molar-refractivity contribution in [1.29, 1.82) is 0 Å². The van der Waals surface area contributed by atoms with Gasteiger partial charge in [0.1, 0.15) is 0 Å². The molecule has 9 aromatic carbocycles. The number of benzene rings is 9. The monoisotopic (exact) mass is 701 g/mol. The van der Waals surface area contributed by atoms with Crippen molar-refractivity contribution in [3.8, 4) is 56.4 Å². The van der Waals surface area contributed by atoms with Crippen molar-refractivity contribution in [2.24, 2.45) is 0 Å². The molecule has 0 saturated carbocycles. The molecule has 0 aliphatic heterocycles. The van der Waals surface area contributed by atoms with Gasteiger partial charge in [0.2, 0.25) is 0 Å². The highest BCUT2D eigenvalue weighted by Crippen LogP contribution is 2.56. The lowest BCUT2D eigenvalue weighted by Crippen LogP contribution is -2.15. The number of hydrogen-bond donors (Lipinski definition) is 0. The smallest absolute Gasteiger partial charge is 0.165 e. The molecule has 0 unspecified atom stereocenters. The van der Waals surface area contributed by atoms with E-state index in [4.69, 9.17) is 15.0 Å². The highest BCUT2D eigenvalue weighted by molar-refractivity contribution is 6.22. The predicted molar refractivity (Wildman–Crippen MR) is 229 cm³/mol. The van der Waals surface area contributed by atoms with Crippen LogP contribution in [0, 0.1) is 0 Å². The minimum atomic E-state index is -0.190. The van der Waals surface area contributed by atoms with Crippen LogP contribution in [-0.2, 0) is 5.41 Å². The second kappa shape index (κ2) is 12.0. The van der Waals surface area contributed by atoms with E-state index < -0.39 is 0 Å². The molecule has 0 bridgehead atoms. The Hall–Kier alpha value is -6.97. The third-order valence-electron chi connectivity index (χ3n) is 11.7. The largest absolute Gasteiger partial charge is 0.208 e.